The SMILES string of the molecule is CC(=O)OC1CCC2(C)C3=C(CCC2C1(C)C)C1(C)CCC(C(C)CCC=C(C)C)C1(C)CC3=O. The molecule has 7 unspecified atom stereocenters. The fraction of sp³-hybridized carbons (Fsp3) is 0.812. The van der Waals surface area contributed by atoms with Crippen LogP contribution >= 0.6 is 0 Å². The Bertz CT molecular complexity index is 950. The molecule has 0 radical (unpaired) electrons. The van der Waals surface area contributed by atoms with Gasteiger partial charge in [-0.05, 0) is 99.2 Å². The second-order valence-corrected chi connectivity index (χ2v) is 14.2. The molecule has 7 atom stereocenters. The van der Waals surface area contributed by atoms with Crippen molar-refractivity contribution in [2.75, 3.05) is 0 Å². The van der Waals surface area contributed by atoms with Gasteiger partial charge in [-0.25, -0.2) is 0 Å². The predicted molar refractivity (Wildman–Crippen MR) is 143 cm³/mol. The molecule has 0 amide bonds. The smallest absolute Gasteiger partial charge is 0.302 e. The van der Waals surface area contributed by atoms with E-state index in [0.717, 1.165) is 32.1 Å². The summed E-state index contributed by atoms with van der Waals surface area (Å²) < 4.78 is 5.81. The summed E-state index contributed by atoms with van der Waals surface area (Å²) in [6.07, 6.45) is 11.8. The summed E-state index contributed by atoms with van der Waals surface area (Å²) in [4.78, 5) is 26.0. The van der Waals surface area contributed by atoms with Crippen LogP contribution in [0, 0.1) is 39.4 Å². The number of hydrogen-bond donors (Lipinski definition) is 0. The number of carbonyl (C=O) groups is 2. The van der Waals surface area contributed by atoms with Gasteiger partial charge in [0.25, 0.3) is 0 Å². The summed E-state index contributed by atoms with van der Waals surface area (Å²) >= 11 is 0. The van der Waals surface area contributed by atoms with Gasteiger partial charge >= 0.3 is 5.97 Å². The van der Waals surface area contributed by atoms with E-state index in [2.05, 4.69) is 61.5 Å². The first kappa shape index (κ1) is 26.7. The number of hydrogen-bond acceptors (Lipinski definition) is 3. The third-order valence-corrected chi connectivity index (χ3v) is 11.7. The largest absolute Gasteiger partial charge is 0.462 e. The number of allylic oxidation sites excluding steroid dienone is 4. The van der Waals surface area contributed by atoms with Crippen LogP contribution in [0.25, 0.3) is 0 Å². The lowest BCUT2D eigenvalue weighted by atomic mass is 9.43. The minimum Gasteiger partial charge on any atom is -0.462 e. The minimum atomic E-state index is -0.185. The van der Waals surface area contributed by atoms with Crippen LogP contribution in [0.5, 0.6) is 0 Å². The average Bonchev–Trinajstić information content (AvgIpc) is 3.00. The topological polar surface area (TPSA) is 43.4 Å². The zero-order valence-corrected chi connectivity index (χ0v) is 24.0. The number of fused-ring (bicyclic) bond motifs is 4. The van der Waals surface area contributed by atoms with Crippen LogP contribution in [0.3, 0.4) is 0 Å². The summed E-state index contributed by atoms with van der Waals surface area (Å²) in [5.74, 6) is 1.85. The molecular weight excluding hydrogens is 432 g/mol. The fourth-order valence-corrected chi connectivity index (χ4v) is 9.67. The van der Waals surface area contributed by atoms with E-state index in [1.165, 1.54) is 42.9 Å². The number of carbonyl (C=O) groups excluding carboxylic acids is 2. The molecule has 0 saturated heterocycles. The molecule has 3 nitrogen and oxygen atoms in total. The van der Waals surface area contributed by atoms with Crippen molar-refractivity contribution >= 4 is 11.8 Å². The van der Waals surface area contributed by atoms with Crippen LogP contribution < -0.4 is 0 Å². The lowest BCUT2D eigenvalue weighted by Crippen LogP contribution is -2.57. The van der Waals surface area contributed by atoms with Gasteiger partial charge in [-0.2, -0.15) is 0 Å². The van der Waals surface area contributed by atoms with E-state index in [4.69, 9.17) is 4.74 Å². The fourth-order valence-electron chi connectivity index (χ4n) is 9.67. The maximum absolute atomic E-state index is 14.2. The van der Waals surface area contributed by atoms with Gasteiger partial charge in [0.2, 0.25) is 0 Å². The average molecular weight is 483 g/mol. The maximum atomic E-state index is 14.2. The summed E-state index contributed by atoms with van der Waals surface area (Å²) in [5.41, 5.74) is 4.05. The molecule has 0 spiro atoms. The highest BCUT2D eigenvalue weighted by atomic mass is 16.5. The van der Waals surface area contributed by atoms with Crippen molar-refractivity contribution in [1.29, 1.82) is 0 Å². The number of Topliss-reactive ketones (excluding diaryl/α,β-unsaturated/α-hetero) is 1. The van der Waals surface area contributed by atoms with Gasteiger partial charge in [-0.3, -0.25) is 9.59 Å². The molecule has 0 aromatic heterocycles. The summed E-state index contributed by atoms with van der Waals surface area (Å²) in [6, 6.07) is 0. The van der Waals surface area contributed by atoms with E-state index < -0.39 is 0 Å². The van der Waals surface area contributed by atoms with E-state index in [9.17, 15) is 9.59 Å². The molecule has 4 aliphatic carbocycles. The quantitative estimate of drug-likeness (QED) is 0.293. The monoisotopic (exact) mass is 482 g/mol. The molecule has 0 aromatic rings. The van der Waals surface area contributed by atoms with Crippen molar-refractivity contribution < 1.29 is 14.3 Å². The van der Waals surface area contributed by atoms with Crippen LogP contribution in [0.15, 0.2) is 22.8 Å². The molecule has 4 aliphatic rings. The lowest BCUT2D eigenvalue weighted by Gasteiger charge is -2.61. The molecule has 35 heavy (non-hydrogen) atoms. The Hall–Kier alpha value is -1.38. The number of esters is 1. The molecule has 2 fully saturated rings. The highest BCUT2D eigenvalue weighted by molar-refractivity contribution is 6.00. The van der Waals surface area contributed by atoms with E-state index in [1.54, 1.807) is 0 Å². The second-order valence-electron chi connectivity index (χ2n) is 14.2. The number of ether oxygens (including phenoxy) is 1. The molecule has 0 aliphatic heterocycles. The molecule has 0 bridgehead atoms. The molecule has 0 heterocycles. The Balaban J connectivity index is 1.68. The van der Waals surface area contributed by atoms with E-state index in [-0.39, 0.29) is 33.7 Å². The van der Waals surface area contributed by atoms with Gasteiger partial charge in [0.05, 0.1) is 0 Å². The molecule has 3 heteroatoms. The van der Waals surface area contributed by atoms with Gasteiger partial charge in [0.15, 0.2) is 5.78 Å². The molecule has 0 N–H and O–H groups in total. The summed E-state index contributed by atoms with van der Waals surface area (Å²) in [5, 5.41) is 0. The number of ketones is 1. The normalized spacial score (nSPS) is 40.9. The Labute approximate surface area is 214 Å². The second kappa shape index (κ2) is 8.88. The van der Waals surface area contributed by atoms with Crippen molar-refractivity contribution in [3.63, 3.8) is 0 Å². The van der Waals surface area contributed by atoms with Crippen molar-refractivity contribution in [1.82, 2.24) is 0 Å². The highest BCUT2D eigenvalue weighted by Gasteiger charge is 2.65. The van der Waals surface area contributed by atoms with Gasteiger partial charge in [0.1, 0.15) is 6.10 Å². The third-order valence-electron chi connectivity index (χ3n) is 11.7. The maximum Gasteiger partial charge on any atom is 0.302 e. The minimum absolute atomic E-state index is 0.0565. The Morgan fingerprint density at radius 1 is 1.06 bits per heavy atom. The lowest BCUT2D eigenvalue weighted by molar-refractivity contribution is -0.168. The summed E-state index contributed by atoms with van der Waals surface area (Å²) in [7, 11) is 0. The standard InChI is InChI=1S/C32H50O3/c1-20(2)11-10-12-21(3)23-15-18-31(8)24-13-14-26-29(5,6)27(35-22(4)33)16-17-30(26,7)28(24)25(34)19-32(23,31)9/h11,21,23,26-27H,10,12-19H2,1-9H3. The van der Waals surface area contributed by atoms with Crippen molar-refractivity contribution in [2.45, 2.75) is 126 Å². The molecule has 4 rings (SSSR count). The number of rotatable bonds is 5. The van der Waals surface area contributed by atoms with Crippen LogP contribution in [0.4, 0.5) is 0 Å². The molecule has 2 saturated carbocycles. The first-order chi connectivity index (χ1) is 16.2. The van der Waals surface area contributed by atoms with E-state index >= 15 is 0 Å². The zero-order valence-electron chi connectivity index (χ0n) is 24.0. The van der Waals surface area contributed by atoms with Crippen LogP contribution in [-0.2, 0) is 14.3 Å². The van der Waals surface area contributed by atoms with E-state index in [1.807, 2.05) is 0 Å². The van der Waals surface area contributed by atoms with Gasteiger partial charge < -0.3 is 4.74 Å². The van der Waals surface area contributed by atoms with Crippen LogP contribution in [0.1, 0.15) is 120 Å². The summed E-state index contributed by atoms with van der Waals surface area (Å²) in [6.45, 7) is 20.2. The Kier molecular flexibility index (Phi) is 6.76. The van der Waals surface area contributed by atoms with E-state index in [0.29, 0.717) is 30.0 Å². The first-order valence-corrected chi connectivity index (χ1v) is 14.3. The highest BCUT2D eigenvalue weighted by Crippen LogP contribution is 2.71. The first-order valence-electron chi connectivity index (χ1n) is 14.3. The zero-order chi connectivity index (χ0) is 26.0. The Morgan fingerprint density at radius 3 is 2.37 bits per heavy atom. The Morgan fingerprint density at radius 2 is 1.74 bits per heavy atom. The van der Waals surface area contributed by atoms with Gasteiger partial charge in [-0.15, -0.1) is 0 Å². The molecular formula is C32H50O3. The van der Waals surface area contributed by atoms with Gasteiger partial charge in [0, 0.05) is 24.3 Å². The van der Waals surface area contributed by atoms with Crippen molar-refractivity contribution in [3.8, 4) is 0 Å². The third kappa shape index (κ3) is 3.98. The predicted octanol–water partition coefficient (Wildman–Crippen LogP) is 8.23. The van der Waals surface area contributed by atoms with Crippen molar-refractivity contribution in [2.24, 2.45) is 39.4 Å². The molecule has 196 valence electrons. The van der Waals surface area contributed by atoms with Crippen LogP contribution in [-0.4, -0.2) is 17.9 Å². The van der Waals surface area contributed by atoms with Crippen LogP contribution in [0.2, 0.25) is 0 Å². The molecule has 0 aromatic carbocycles. The van der Waals surface area contributed by atoms with Gasteiger partial charge in [-0.1, -0.05) is 58.8 Å². The van der Waals surface area contributed by atoms with Crippen molar-refractivity contribution in [3.05, 3.63) is 22.8 Å².